The van der Waals surface area contributed by atoms with Crippen molar-refractivity contribution in [2.75, 3.05) is 13.2 Å². The van der Waals surface area contributed by atoms with Gasteiger partial charge in [-0.1, -0.05) is 51.7 Å². The first-order valence-corrected chi connectivity index (χ1v) is 10.9. The van der Waals surface area contributed by atoms with Crippen LogP contribution in [-0.4, -0.2) is 29.2 Å². The first kappa shape index (κ1) is 22.0. The SMILES string of the molecule is C#CCN1C(=O)S/C(=C/c2cc(OCC)c(OCc3ccc(C)cc3)cc2Br)C1=O. The lowest BCUT2D eigenvalue weighted by atomic mass is 10.1. The molecule has 0 bridgehead atoms. The Morgan fingerprint density at radius 3 is 2.53 bits per heavy atom. The summed E-state index contributed by atoms with van der Waals surface area (Å²) in [6.45, 7) is 4.74. The fourth-order valence-electron chi connectivity index (χ4n) is 2.76. The average molecular weight is 486 g/mol. The molecule has 1 aliphatic rings. The van der Waals surface area contributed by atoms with Crippen LogP contribution in [0.5, 0.6) is 11.5 Å². The number of thioether (sulfide) groups is 1. The number of amides is 2. The minimum Gasteiger partial charge on any atom is -0.490 e. The number of halogens is 1. The predicted molar refractivity (Wildman–Crippen MR) is 122 cm³/mol. The topological polar surface area (TPSA) is 55.8 Å². The number of carbonyl (C=O) groups excluding carboxylic acids is 2. The Balaban J connectivity index is 1.86. The van der Waals surface area contributed by atoms with E-state index in [1.807, 2.05) is 38.1 Å². The van der Waals surface area contributed by atoms with Gasteiger partial charge in [0.2, 0.25) is 0 Å². The highest BCUT2D eigenvalue weighted by molar-refractivity contribution is 9.10. The molecule has 5 nitrogen and oxygen atoms in total. The predicted octanol–water partition coefficient (Wildman–Crippen LogP) is 5.40. The van der Waals surface area contributed by atoms with Crippen molar-refractivity contribution in [3.63, 3.8) is 0 Å². The van der Waals surface area contributed by atoms with Crippen LogP contribution >= 0.6 is 27.7 Å². The number of benzene rings is 2. The molecule has 0 atom stereocenters. The molecule has 1 fully saturated rings. The summed E-state index contributed by atoms with van der Waals surface area (Å²) in [5.41, 5.74) is 2.94. The van der Waals surface area contributed by atoms with Gasteiger partial charge in [0, 0.05) is 4.47 Å². The average Bonchev–Trinajstić information content (AvgIpc) is 2.98. The van der Waals surface area contributed by atoms with Crippen LogP contribution in [0, 0.1) is 19.3 Å². The lowest BCUT2D eigenvalue weighted by Crippen LogP contribution is -2.28. The van der Waals surface area contributed by atoms with Crippen LogP contribution in [0.2, 0.25) is 0 Å². The Labute approximate surface area is 188 Å². The molecule has 0 aliphatic carbocycles. The maximum Gasteiger partial charge on any atom is 0.294 e. The summed E-state index contributed by atoms with van der Waals surface area (Å²) in [6.07, 6.45) is 6.89. The van der Waals surface area contributed by atoms with Gasteiger partial charge in [-0.25, -0.2) is 0 Å². The molecule has 0 radical (unpaired) electrons. The van der Waals surface area contributed by atoms with Crippen molar-refractivity contribution < 1.29 is 19.1 Å². The van der Waals surface area contributed by atoms with E-state index >= 15 is 0 Å². The van der Waals surface area contributed by atoms with Gasteiger partial charge in [0.25, 0.3) is 11.1 Å². The van der Waals surface area contributed by atoms with Crippen LogP contribution in [0.1, 0.15) is 23.6 Å². The van der Waals surface area contributed by atoms with E-state index < -0.39 is 5.91 Å². The highest BCUT2D eigenvalue weighted by Crippen LogP contribution is 2.38. The fourth-order valence-corrected chi connectivity index (χ4v) is 4.02. The van der Waals surface area contributed by atoms with Crippen LogP contribution < -0.4 is 9.47 Å². The Bertz CT molecular complexity index is 1040. The Morgan fingerprint density at radius 2 is 1.87 bits per heavy atom. The summed E-state index contributed by atoms with van der Waals surface area (Å²) in [5, 5.41) is -0.372. The van der Waals surface area contributed by atoms with Gasteiger partial charge in [0.05, 0.1) is 18.1 Å². The van der Waals surface area contributed by atoms with Crippen LogP contribution in [0.4, 0.5) is 4.79 Å². The monoisotopic (exact) mass is 485 g/mol. The van der Waals surface area contributed by atoms with Crippen LogP contribution in [0.3, 0.4) is 0 Å². The highest BCUT2D eigenvalue weighted by Gasteiger charge is 2.34. The quantitative estimate of drug-likeness (QED) is 0.387. The van der Waals surface area contributed by atoms with E-state index in [2.05, 4.69) is 21.9 Å². The van der Waals surface area contributed by atoms with E-state index in [1.165, 1.54) is 5.56 Å². The number of hydrogen-bond donors (Lipinski definition) is 0. The Kier molecular flexibility index (Phi) is 7.24. The minimum absolute atomic E-state index is 0.0425. The molecule has 0 saturated carbocycles. The third-order valence-electron chi connectivity index (χ3n) is 4.29. The van der Waals surface area contributed by atoms with Gasteiger partial charge in [-0.05, 0) is 54.9 Å². The highest BCUT2D eigenvalue weighted by atomic mass is 79.9. The number of hydrogen-bond acceptors (Lipinski definition) is 5. The molecule has 0 aromatic heterocycles. The molecule has 2 aromatic carbocycles. The lowest BCUT2D eigenvalue weighted by molar-refractivity contribution is -0.122. The molecular formula is C23H20BrNO4S. The number of ether oxygens (including phenoxy) is 2. The molecular weight excluding hydrogens is 466 g/mol. The smallest absolute Gasteiger partial charge is 0.294 e. The molecule has 1 saturated heterocycles. The second-order valence-electron chi connectivity index (χ2n) is 6.50. The second kappa shape index (κ2) is 9.88. The van der Waals surface area contributed by atoms with Crippen molar-refractivity contribution in [3.8, 4) is 23.8 Å². The van der Waals surface area contributed by atoms with E-state index in [0.717, 1.165) is 22.2 Å². The zero-order chi connectivity index (χ0) is 21.7. The lowest BCUT2D eigenvalue weighted by Gasteiger charge is -2.14. The Morgan fingerprint density at radius 1 is 1.17 bits per heavy atom. The van der Waals surface area contributed by atoms with Gasteiger partial charge < -0.3 is 9.47 Å². The van der Waals surface area contributed by atoms with E-state index in [9.17, 15) is 9.59 Å². The van der Waals surface area contributed by atoms with E-state index in [0.29, 0.717) is 39.7 Å². The number of nitrogens with zero attached hydrogens (tertiary/aromatic N) is 1. The van der Waals surface area contributed by atoms with Crippen LogP contribution in [-0.2, 0) is 11.4 Å². The summed E-state index contributed by atoms with van der Waals surface area (Å²) < 4.78 is 12.4. The van der Waals surface area contributed by atoms with Gasteiger partial charge in [-0.15, -0.1) is 6.42 Å². The molecule has 1 aliphatic heterocycles. The van der Waals surface area contributed by atoms with E-state index in [-0.39, 0.29) is 11.8 Å². The molecule has 0 spiro atoms. The fraction of sp³-hybridized carbons (Fsp3) is 0.217. The summed E-state index contributed by atoms with van der Waals surface area (Å²) in [4.78, 5) is 25.8. The van der Waals surface area contributed by atoms with E-state index in [4.69, 9.17) is 15.9 Å². The largest absolute Gasteiger partial charge is 0.490 e. The third kappa shape index (κ3) is 5.07. The molecule has 2 aromatic rings. The Hall–Kier alpha value is -2.69. The minimum atomic E-state index is -0.396. The molecule has 7 heteroatoms. The zero-order valence-electron chi connectivity index (χ0n) is 16.6. The molecule has 3 rings (SSSR count). The van der Waals surface area contributed by atoms with Crippen molar-refractivity contribution in [2.45, 2.75) is 20.5 Å². The first-order chi connectivity index (χ1) is 14.4. The standard InChI is InChI=1S/C23H20BrNO4S/c1-4-10-25-22(26)21(30-23(25)27)12-17-11-19(28-5-2)20(13-18(17)24)29-14-16-8-6-15(3)7-9-16/h1,6-9,11-13H,5,10,14H2,2-3H3/b21-12+. The maximum absolute atomic E-state index is 12.4. The number of aryl methyl sites for hydroxylation is 1. The van der Waals surface area contributed by atoms with Crippen molar-refractivity contribution in [1.29, 1.82) is 0 Å². The molecule has 154 valence electrons. The van der Waals surface area contributed by atoms with Gasteiger partial charge in [0.1, 0.15) is 6.61 Å². The molecule has 2 amide bonds. The van der Waals surface area contributed by atoms with Crippen molar-refractivity contribution in [2.24, 2.45) is 0 Å². The van der Waals surface area contributed by atoms with Crippen molar-refractivity contribution in [1.82, 2.24) is 4.90 Å². The van der Waals surface area contributed by atoms with Crippen LogP contribution in [0.15, 0.2) is 45.8 Å². The number of imide groups is 1. The molecule has 0 N–H and O–H groups in total. The third-order valence-corrected chi connectivity index (χ3v) is 5.88. The summed E-state index contributed by atoms with van der Waals surface area (Å²) in [7, 11) is 0. The molecule has 0 unspecified atom stereocenters. The van der Waals surface area contributed by atoms with Gasteiger partial charge >= 0.3 is 0 Å². The molecule has 30 heavy (non-hydrogen) atoms. The molecule has 1 heterocycles. The second-order valence-corrected chi connectivity index (χ2v) is 8.35. The number of terminal acetylenes is 1. The maximum atomic E-state index is 12.4. The van der Waals surface area contributed by atoms with Crippen molar-refractivity contribution >= 4 is 44.9 Å². The first-order valence-electron chi connectivity index (χ1n) is 9.26. The number of rotatable bonds is 7. The summed E-state index contributed by atoms with van der Waals surface area (Å²) in [6, 6.07) is 11.7. The number of carbonyl (C=O) groups is 2. The van der Waals surface area contributed by atoms with Gasteiger partial charge in [-0.2, -0.15) is 0 Å². The summed E-state index contributed by atoms with van der Waals surface area (Å²) >= 11 is 4.39. The van der Waals surface area contributed by atoms with Gasteiger partial charge in [0.15, 0.2) is 11.5 Å². The zero-order valence-corrected chi connectivity index (χ0v) is 19.0. The van der Waals surface area contributed by atoms with Crippen molar-refractivity contribution in [3.05, 3.63) is 62.5 Å². The van der Waals surface area contributed by atoms with Crippen LogP contribution in [0.25, 0.3) is 6.08 Å². The normalized spacial score (nSPS) is 14.9. The van der Waals surface area contributed by atoms with E-state index in [1.54, 1.807) is 18.2 Å². The van der Waals surface area contributed by atoms with Gasteiger partial charge in [-0.3, -0.25) is 14.5 Å². The summed E-state index contributed by atoms with van der Waals surface area (Å²) in [5.74, 6) is 3.07.